The summed E-state index contributed by atoms with van der Waals surface area (Å²) in [4.78, 5) is 12.0. The van der Waals surface area contributed by atoms with Crippen LogP contribution in [0.25, 0.3) is 0 Å². The summed E-state index contributed by atoms with van der Waals surface area (Å²) in [5.74, 6) is 0.876. The molecule has 5 heteroatoms. The summed E-state index contributed by atoms with van der Waals surface area (Å²) in [5, 5.41) is 7.09. The average Bonchev–Trinajstić information content (AvgIpc) is 2.33. The summed E-state index contributed by atoms with van der Waals surface area (Å²) >= 11 is 3.35. The number of halogens is 1. The van der Waals surface area contributed by atoms with Gasteiger partial charge in [0.1, 0.15) is 19.0 Å². The zero-order valence-electron chi connectivity index (χ0n) is 11.3. The lowest BCUT2D eigenvalue weighted by Crippen LogP contribution is -2.23. The Bertz CT molecular complexity index is 449. The number of rotatable bonds is 6. The topological polar surface area (TPSA) is 59.4 Å². The molecule has 0 aliphatic heterocycles. The molecule has 1 rings (SSSR count). The molecule has 0 aromatic heterocycles. The third kappa shape index (κ3) is 5.42. The number of hydrogen-bond donors (Lipinski definition) is 1. The smallest absolute Gasteiger partial charge is 0.178 e. The number of nitrogens with one attached hydrogen (secondary N) is 1. The van der Waals surface area contributed by atoms with Crippen LogP contribution in [0.5, 0.6) is 5.75 Å². The van der Waals surface area contributed by atoms with Gasteiger partial charge >= 0.3 is 0 Å². The molecule has 104 valence electrons. The van der Waals surface area contributed by atoms with E-state index in [9.17, 15) is 4.79 Å². The van der Waals surface area contributed by atoms with Crippen LogP contribution in [-0.2, 0) is 4.74 Å². The number of ether oxygens (including phenoxy) is 2. The van der Waals surface area contributed by atoms with E-state index >= 15 is 0 Å². The van der Waals surface area contributed by atoms with Crippen molar-refractivity contribution in [3.63, 3.8) is 0 Å². The standard InChI is InChI=1S/C14H18BrNO3/c1-10(16)18-8-9-19-12-6-4-11(5-7-12)13(17)14(2,3)15/h4-7,16H,8-9H2,1-3H3. The van der Waals surface area contributed by atoms with Crippen molar-refractivity contribution >= 4 is 27.6 Å². The predicted molar refractivity (Wildman–Crippen MR) is 78.6 cm³/mol. The number of alkyl halides is 1. The molecule has 0 unspecified atom stereocenters. The van der Waals surface area contributed by atoms with Gasteiger partial charge in [-0.15, -0.1) is 0 Å². The molecule has 1 aromatic carbocycles. The van der Waals surface area contributed by atoms with E-state index in [1.807, 2.05) is 13.8 Å². The molecule has 0 spiro atoms. The molecule has 0 bridgehead atoms. The van der Waals surface area contributed by atoms with Gasteiger partial charge < -0.3 is 9.47 Å². The van der Waals surface area contributed by atoms with Crippen LogP contribution >= 0.6 is 15.9 Å². The summed E-state index contributed by atoms with van der Waals surface area (Å²) in [6, 6.07) is 6.99. The molecule has 0 atom stereocenters. The van der Waals surface area contributed by atoms with Gasteiger partial charge in [0, 0.05) is 12.5 Å². The molecule has 0 radical (unpaired) electrons. The summed E-state index contributed by atoms with van der Waals surface area (Å²) in [6.07, 6.45) is 0. The lowest BCUT2D eigenvalue weighted by molar-refractivity contribution is 0.0961. The van der Waals surface area contributed by atoms with Crippen molar-refractivity contribution in [2.24, 2.45) is 0 Å². The first kappa shape index (κ1) is 15.7. The second-order valence-corrected chi connectivity index (χ2v) is 6.56. The Morgan fingerprint density at radius 1 is 1.26 bits per heavy atom. The van der Waals surface area contributed by atoms with Gasteiger partial charge in [-0.05, 0) is 38.1 Å². The van der Waals surface area contributed by atoms with Crippen LogP contribution in [0, 0.1) is 5.41 Å². The van der Waals surface area contributed by atoms with Gasteiger partial charge in [0.25, 0.3) is 0 Å². The molecule has 0 saturated heterocycles. The number of hydrogen-bond acceptors (Lipinski definition) is 4. The Hall–Kier alpha value is -1.36. The van der Waals surface area contributed by atoms with Crippen molar-refractivity contribution in [1.29, 1.82) is 5.41 Å². The number of benzene rings is 1. The minimum Gasteiger partial charge on any atom is -0.490 e. The zero-order valence-corrected chi connectivity index (χ0v) is 12.9. The SMILES string of the molecule is CC(=N)OCCOc1ccc(C(=O)C(C)(C)Br)cc1. The van der Waals surface area contributed by atoms with Gasteiger partial charge in [-0.2, -0.15) is 0 Å². The first-order valence-corrected chi connectivity index (χ1v) is 6.74. The molecule has 1 aromatic rings. The van der Waals surface area contributed by atoms with Crippen LogP contribution in [0.15, 0.2) is 24.3 Å². The van der Waals surface area contributed by atoms with E-state index in [4.69, 9.17) is 14.9 Å². The molecular weight excluding hydrogens is 310 g/mol. The van der Waals surface area contributed by atoms with Gasteiger partial charge in [0.15, 0.2) is 11.7 Å². The number of carbonyl (C=O) groups excluding carboxylic acids is 1. The molecule has 0 fully saturated rings. The van der Waals surface area contributed by atoms with Gasteiger partial charge in [0.05, 0.1) is 4.32 Å². The molecule has 0 heterocycles. The Balaban J connectivity index is 2.53. The molecule has 0 aliphatic carbocycles. The molecule has 1 N–H and O–H groups in total. The van der Waals surface area contributed by atoms with Crippen molar-refractivity contribution in [2.75, 3.05) is 13.2 Å². The summed E-state index contributed by atoms with van der Waals surface area (Å²) in [7, 11) is 0. The maximum atomic E-state index is 12.0. The molecular formula is C14H18BrNO3. The van der Waals surface area contributed by atoms with Crippen molar-refractivity contribution in [3.8, 4) is 5.75 Å². The van der Waals surface area contributed by atoms with Crippen molar-refractivity contribution in [1.82, 2.24) is 0 Å². The predicted octanol–water partition coefficient (Wildman–Crippen LogP) is 3.44. The highest BCUT2D eigenvalue weighted by atomic mass is 79.9. The van der Waals surface area contributed by atoms with Gasteiger partial charge in [-0.3, -0.25) is 10.2 Å². The molecule has 0 aliphatic rings. The highest BCUT2D eigenvalue weighted by Crippen LogP contribution is 2.23. The van der Waals surface area contributed by atoms with Crippen LogP contribution in [-0.4, -0.2) is 29.2 Å². The van der Waals surface area contributed by atoms with Gasteiger partial charge in [-0.1, -0.05) is 15.9 Å². The maximum Gasteiger partial charge on any atom is 0.178 e. The van der Waals surface area contributed by atoms with E-state index in [0.29, 0.717) is 24.5 Å². The van der Waals surface area contributed by atoms with Gasteiger partial charge in [0.2, 0.25) is 0 Å². The minimum absolute atomic E-state index is 0.0295. The van der Waals surface area contributed by atoms with Crippen LogP contribution in [0.1, 0.15) is 31.1 Å². The van der Waals surface area contributed by atoms with E-state index in [1.165, 1.54) is 0 Å². The van der Waals surface area contributed by atoms with Crippen LogP contribution in [0.2, 0.25) is 0 Å². The fraction of sp³-hybridized carbons (Fsp3) is 0.429. The molecule has 19 heavy (non-hydrogen) atoms. The fourth-order valence-electron chi connectivity index (χ4n) is 1.40. The molecule has 0 saturated carbocycles. The number of ketones is 1. The first-order chi connectivity index (χ1) is 8.80. The Labute approximate surface area is 121 Å². The number of carbonyl (C=O) groups is 1. The van der Waals surface area contributed by atoms with Crippen molar-refractivity contribution in [2.45, 2.75) is 25.1 Å². The van der Waals surface area contributed by atoms with Crippen molar-refractivity contribution < 1.29 is 14.3 Å². The first-order valence-electron chi connectivity index (χ1n) is 5.95. The Morgan fingerprint density at radius 3 is 2.32 bits per heavy atom. The molecule has 4 nitrogen and oxygen atoms in total. The fourth-order valence-corrected chi connectivity index (χ4v) is 1.63. The normalized spacial score (nSPS) is 10.9. The third-order valence-corrected chi connectivity index (χ3v) is 2.69. The summed E-state index contributed by atoms with van der Waals surface area (Å²) in [5.41, 5.74) is 0.640. The lowest BCUT2D eigenvalue weighted by atomic mass is 10.0. The lowest BCUT2D eigenvalue weighted by Gasteiger charge is -2.14. The Morgan fingerprint density at radius 2 is 1.84 bits per heavy atom. The van der Waals surface area contributed by atoms with Crippen LogP contribution in [0.3, 0.4) is 0 Å². The van der Waals surface area contributed by atoms with Crippen molar-refractivity contribution in [3.05, 3.63) is 29.8 Å². The van der Waals surface area contributed by atoms with E-state index in [0.717, 1.165) is 0 Å². The summed E-state index contributed by atoms with van der Waals surface area (Å²) < 4.78 is 9.84. The quantitative estimate of drug-likeness (QED) is 0.286. The second-order valence-electron chi connectivity index (χ2n) is 4.58. The van der Waals surface area contributed by atoms with Crippen LogP contribution < -0.4 is 4.74 Å². The monoisotopic (exact) mass is 327 g/mol. The minimum atomic E-state index is -0.565. The van der Waals surface area contributed by atoms with E-state index in [-0.39, 0.29) is 11.7 Å². The van der Waals surface area contributed by atoms with Crippen LogP contribution in [0.4, 0.5) is 0 Å². The average molecular weight is 328 g/mol. The largest absolute Gasteiger partial charge is 0.490 e. The highest BCUT2D eigenvalue weighted by molar-refractivity contribution is 9.10. The van der Waals surface area contributed by atoms with E-state index < -0.39 is 4.32 Å². The Kier molecular flexibility index (Phi) is 5.54. The zero-order chi connectivity index (χ0) is 14.5. The van der Waals surface area contributed by atoms with E-state index in [2.05, 4.69) is 15.9 Å². The maximum absolute atomic E-state index is 12.0. The van der Waals surface area contributed by atoms with Gasteiger partial charge in [-0.25, -0.2) is 0 Å². The number of Topliss-reactive ketones (excluding diaryl/α,β-unsaturated/α-hetero) is 1. The highest BCUT2D eigenvalue weighted by Gasteiger charge is 2.24. The third-order valence-electron chi connectivity index (χ3n) is 2.33. The molecule has 0 amide bonds. The summed E-state index contributed by atoms with van der Waals surface area (Å²) in [6.45, 7) is 5.91. The second kappa shape index (κ2) is 6.70. The van der Waals surface area contributed by atoms with E-state index in [1.54, 1.807) is 31.2 Å².